The van der Waals surface area contributed by atoms with E-state index in [1.807, 2.05) is 0 Å². The zero-order chi connectivity index (χ0) is 20.1. The van der Waals surface area contributed by atoms with Gasteiger partial charge in [0, 0.05) is 23.7 Å². The summed E-state index contributed by atoms with van der Waals surface area (Å²) < 4.78 is 42.3. The van der Waals surface area contributed by atoms with Gasteiger partial charge in [-0.3, -0.25) is 4.79 Å². The Kier molecular flexibility index (Phi) is 6.49. The number of carbonyl (C=O) groups is 2. The van der Waals surface area contributed by atoms with E-state index in [1.54, 1.807) is 17.0 Å². The van der Waals surface area contributed by atoms with E-state index in [4.69, 9.17) is 4.74 Å². The van der Waals surface area contributed by atoms with Crippen LogP contribution in [0.1, 0.15) is 37.7 Å². The van der Waals surface area contributed by atoms with Gasteiger partial charge in [-0.1, -0.05) is 31.0 Å². The molecule has 0 aromatic heterocycles. The molecule has 1 atom stereocenters. The van der Waals surface area contributed by atoms with Crippen molar-refractivity contribution in [3.8, 4) is 0 Å². The first-order chi connectivity index (χ1) is 13.4. The maximum atomic E-state index is 13.6. The predicted molar refractivity (Wildman–Crippen MR) is 103 cm³/mol. The van der Waals surface area contributed by atoms with Crippen LogP contribution in [0, 0.1) is 5.82 Å². The Morgan fingerprint density at radius 3 is 2.50 bits per heavy atom. The van der Waals surface area contributed by atoms with Gasteiger partial charge in [-0.05, 0) is 31.4 Å². The average molecular weight is 409 g/mol. The summed E-state index contributed by atoms with van der Waals surface area (Å²) in [5.41, 5.74) is 0.245. The molecule has 1 aromatic carbocycles. The van der Waals surface area contributed by atoms with Gasteiger partial charge in [0.2, 0.25) is 0 Å². The Labute approximate surface area is 164 Å². The van der Waals surface area contributed by atoms with Crippen LogP contribution in [-0.2, 0) is 24.2 Å². The second-order valence-electron chi connectivity index (χ2n) is 7.26. The van der Waals surface area contributed by atoms with Gasteiger partial charge in [0.1, 0.15) is 5.82 Å². The fourth-order valence-electron chi connectivity index (χ4n) is 3.91. The fraction of sp³-hybridized carbons (Fsp3) is 0.500. The molecule has 28 heavy (non-hydrogen) atoms. The van der Waals surface area contributed by atoms with Crippen molar-refractivity contribution in [2.24, 2.45) is 0 Å². The third kappa shape index (κ3) is 5.19. The first kappa shape index (κ1) is 20.5. The summed E-state index contributed by atoms with van der Waals surface area (Å²) in [6.07, 6.45) is 6.46. The van der Waals surface area contributed by atoms with Crippen LogP contribution in [0.5, 0.6) is 0 Å². The molecule has 1 saturated carbocycles. The van der Waals surface area contributed by atoms with Crippen molar-refractivity contribution in [1.82, 2.24) is 4.90 Å². The molecular formula is C20H24FNO5S. The van der Waals surface area contributed by atoms with Crippen molar-refractivity contribution in [3.05, 3.63) is 41.7 Å². The van der Waals surface area contributed by atoms with Crippen molar-refractivity contribution in [2.75, 3.05) is 18.1 Å². The molecule has 152 valence electrons. The monoisotopic (exact) mass is 409 g/mol. The zero-order valence-corrected chi connectivity index (χ0v) is 16.4. The topological polar surface area (TPSA) is 80.8 Å². The van der Waals surface area contributed by atoms with Crippen molar-refractivity contribution in [1.29, 1.82) is 0 Å². The maximum absolute atomic E-state index is 13.6. The molecule has 1 heterocycles. The zero-order valence-electron chi connectivity index (χ0n) is 15.6. The standard InChI is InChI=1S/C20H24FNO5S/c21-18-8-4-1-5-15(18)9-10-20(24)27-13-19(23)22(16-6-2-3-7-16)17-11-12-28(25,26)14-17/h1,4-5,8-10,16-17H,2-3,6-7,11-14H2/b10-9+/t17-/m0/s1. The molecule has 0 spiro atoms. The van der Waals surface area contributed by atoms with Crippen molar-refractivity contribution in [2.45, 2.75) is 44.2 Å². The van der Waals surface area contributed by atoms with Gasteiger partial charge in [0.15, 0.2) is 16.4 Å². The Bertz CT molecular complexity index is 861. The molecule has 1 aromatic rings. The molecule has 6 nitrogen and oxygen atoms in total. The third-order valence-corrected chi connectivity index (χ3v) is 7.00. The first-order valence-electron chi connectivity index (χ1n) is 9.47. The summed E-state index contributed by atoms with van der Waals surface area (Å²) in [5, 5.41) is 0. The van der Waals surface area contributed by atoms with Crippen LogP contribution in [-0.4, -0.2) is 55.4 Å². The van der Waals surface area contributed by atoms with Crippen LogP contribution in [0.2, 0.25) is 0 Å². The van der Waals surface area contributed by atoms with E-state index in [-0.39, 0.29) is 35.1 Å². The molecule has 2 aliphatic rings. The minimum atomic E-state index is -3.13. The van der Waals surface area contributed by atoms with Gasteiger partial charge in [-0.15, -0.1) is 0 Å². The van der Waals surface area contributed by atoms with Crippen LogP contribution in [0.4, 0.5) is 4.39 Å². The smallest absolute Gasteiger partial charge is 0.331 e. The lowest BCUT2D eigenvalue weighted by Crippen LogP contribution is -2.48. The Morgan fingerprint density at radius 1 is 1.14 bits per heavy atom. The lowest BCUT2D eigenvalue weighted by atomic mass is 10.1. The first-order valence-corrected chi connectivity index (χ1v) is 11.3. The minimum Gasteiger partial charge on any atom is -0.452 e. The molecule has 8 heteroatoms. The van der Waals surface area contributed by atoms with Gasteiger partial charge in [-0.2, -0.15) is 0 Å². The molecule has 2 fully saturated rings. The highest BCUT2D eigenvalue weighted by molar-refractivity contribution is 7.91. The number of rotatable bonds is 6. The second kappa shape index (κ2) is 8.86. The highest BCUT2D eigenvalue weighted by Gasteiger charge is 2.39. The molecule has 1 saturated heterocycles. The van der Waals surface area contributed by atoms with Gasteiger partial charge in [-0.25, -0.2) is 17.6 Å². The van der Waals surface area contributed by atoms with E-state index < -0.39 is 28.2 Å². The van der Waals surface area contributed by atoms with Gasteiger partial charge in [0.05, 0.1) is 11.5 Å². The fourth-order valence-corrected chi connectivity index (χ4v) is 5.62. The Balaban J connectivity index is 1.60. The van der Waals surface area contributed by atoms with Gasteiger partial charge < -0.3 is 9.64 Å². The molecule has 3 rings (SSSR count). The molecular weight excluding hydrogens is 385 g/mol. The van der Waals surface area contributed by atoms with Gasteiger partial charge in [0.25, 0.3) is 5.91 Å². The quantitative estimate of drug-likeness (QED) is 0.532. The van der Waals surface area contributed by atoms with E-state index >= 15 is 0 Å². The van der Waals surface area contributed by atoms with Crippen LogP contribution in [0.3, 0.4) is 0 Å². The summed E-state index contributed by atoms with van der Waals surface area (Å²) in [7, 11) is -3.13. The molecule has 1 aliphatic heterocycles. The number of hydrogen-bond donors (Lipinski definition) is 0. The maximum Gasteiger partial charge on any atom is 0.331 e. The van der Waals surface area contributed by atoms with Crippen LogP contribution in [0.15, 0.2) is 30.3 Å². The molecule has 0 bridgehead atoms. The number of carbonyl (C=O) groups excluding carboxylic acids is 2. The number of nitrogens with zero attached hydrogens (tertiary/aromatic N) is 1. The second-order valence-corrected chi connectivity index (χ2v) is 9.49. The number of benzene rings is 1. The SMILES string of the molecule is O=C(/C=C/c1ccccc1F)OCC(=O)N(C1CCCC1)[C@H]1CCS(=O)(=O)C1. The molecule has 1 aliphatic carbocycles. The molecule has 0 radical (unpaired) electrons. The normalized spacial score (nSPS) is 21.8. The van der Waals surface area contributed by atoms with E-state index in [0.29, 0.717) is 6.42 Å². The number of esters is 1. The van der Waals surface area contributed by atoms with Crippen molar-refractivity contribution in [3.63, 3.8) is 0 Å². The predicted octanol–water partition coefficient (Wildman–Crippen LogP) is 2.34. The highest BCUT2D eigenvalue weighted by Crippen LogP contribution is 2.29. The largest absolute Gasteiger partial charge is 0.452 e. The molecule has 0 unspecified atom stereocenters. The van der Waals surface area contributed by atoms with Crippen molar-refractivity contribution < 1.29 is 27.1 Å². The summed E-state index contributed by atoms with van der Waals surface area (Å²) >= 11 is 0. The number of halogens is 1. The van der Waals surface area contributed by atoms with Crippen LogP contribution >= 0.6 is 0 Å². The van der Waals surface area contributed by atoms with Crippen LogP contribution < -0.4 is 0 Å². The van der Waals surface area contributed by atoms with Gasteiger partial charge >= 0.3 is 5.97 Å². The summed E-state index contributed by atoms with van der Waals surface area (Å²) in [6, 6.07) is 5.64. The minimum absolute atomic E-state index is 0.00143. The van der Waals surface area contributed by atoms with E-state index in [2.05, 4.69) is 0 Å². The number of amides is 1. The lowest BCUT2D eigenvalue weighted by Gasteiger charge is -2.33. The van der Waals surface area contributed by atoms with E-state index in [1.165, 1.54) is 18.2 Å². The van der Waals surface area contributed by atoms with Crippen LogP contribution in [0.25, 0.3) is 6.08 Å². The summed E-state index contributed by atoms with van der Waals surface area (Å²) in [5.74, 6) is -1.53. The van der Waals surface area contributed by atoms with Crippen molar-refractivity contribution >= 4 is 27.8 Å². The Morgan fingerprint density at radius 2 is 1.86 bits per heavy atom. The number of ether oxygens (including phenoxy) is 1. The molecule has 0 N–H and O–H groups in total. The summed E-state index contributed by atoms with van der Waals surface area (Å²) in [4.78, 5) is 26.3. The highest BCUT2D eigenvalue weighted by atomic mass is 32.2. The Hall–Kier alpha value is -2.22. The number of sulfone groups is 1. The van der Waals surface area contributed by atoms with E-state index in [9.17, 15) is 22.4 Å². The lowest BCUT2D eigenvalue weighted by molar-refractivity contribution is -0.150. The third-order valence-electron chi connectivity index (χ3n) is 5.25. The average Bonchev–Trinajstić information content (AvgIpc) is 3.29. The summed E-state index contributed by atoms with van der Waals surface area (Å²) in [6.45, 7) is -0.451. The number of hydrogen-bond acceptors (Lipinski definition) is 5. The van der Waals surface area contributed by atoms with E-state index in [0.717, 1.165) is 31.8 Å². The molecule has 1 amide bonds.